The molecule has 0 bridgehead atoms. The van der Waals surface area contributed by atoms with Gasteiger partial charge in [-0.1, -0.05) is 23.7 Å². The van der Waals surface area contributed by atoms with Gasteiger partial charge in [0.1, 0.15) is 12.3 Å². The number of carbonyl (C=O) groups excluding carboxylic acids is 3. The first-order valence-electron chi connectivity index (χ1n) is 8.60. The fourth-order valence-corrected chi connectivity index (χ4v) is 3.80. The summed E-state index contributed by atoms with van der Waals surface area (Å²) in [4.78, 5) is 38.2. The van der Waals surface area contributed by atoms with Gasteiger partial charge in [-0.05, 0) is 76.6 Å². The van der Waals surface area contributed by atoms with Gasteiger partial charge in [0.25, 0.3) is 11.1 Å². The molecule has 2 aromatic rings. The van der Waals surface area contributed by atoms with Crippen molar-refractivity contribution in [2.45, 2.75) is 6.92 Å². The van der Waals surface area contributed by atoms with Gasteiger partial charge < -0.3 is 10.1 Å². The Morgan fingerprint density at radius 2 is 1.97 bits per heavy atom. The molecular weight excluding hydrogens is 480 g/mol. The van der Waals surface area contributed by atoms with Gasteiger partial charge in [0, 0.05) is 10.2 Å². The van der Waals surface area contributed by atoms with Crippen LogP contribution in [0.4, 0.5) is 10.5 Å². The molecule has 6 nitrogen and oxygen atoms in total. The van der Waals surface area contributed by atoms with E-state index in [9.17, 15) is 14.4 Å². The summed E-state index contributed by atoms with van der Waals surface area (Å²) in [6.45, 7) is 2.08. The second kappa shape index (κ2) is 9.47. The van der Waals surface area contributed by atoms with Gasteiger partial charge in [0.2, 0.25) is 5.91 Å². The fourth-order valence-electron chi connectivity index (χ4n) is 2.53. The molecule has 1 N–H and O–H groups in total. The van der Waals surface area contributed by atoms with Crippen molar-refractivity contribution >= 4 is 68.1 Å². The predicted molar refractivity (Wildman–Crippen MR) is 118 cm³/mol. The number of carbonyl (C=O) groups is 3. The van der Waals surface area contributed by atoms with Crippen LogP contribution in [-0.2, 0) is 9.59 Å². The molecule has 2 aromatic carbocycles. The van der Waals surface area contributed by atoms with E-state index < -0.39 is 17.1 Å². The molecule has 0 saturated carbocycles. The van der Waals surface area contributed by atoms with Crippen molar-refractivity contribution in [1.29, 1.82) is 0 Å². The van der Waals surface area contributed by atoms with Gasteiger partial charge in [0.15, 0.2) is 0 Å². The number of anilines is 1. The number of nitrogens with zero attached hydrogens (tertiary/aromatic N) is 1. The summed E-state index contributed by atoms with van der Waals surface area (Å²) in [7, 11) is 0. The summed E-state index contributed by atoms with van der Waals surface area (Å²) < 4.78 is 6.08. The molecule has 1 fully saturated rings. The van der Waals surface area contributed by atoms with Gasteiger partial charge in [-0.3, -0.25) is 19.3 Å². The van der Waals surface area contributed by atoms with Gasteiger partial charge in [-0.25, -0.2) is 0 Å². The molecule has 9 heteroatoms. The lowest BCUT2D eigenvalue weighted by Gasteiger charge is -2.12. The fraction of sp³-hybridized carbons (Fsp3) is 0.150. The monoisotopic (exact) mass is 494 g/mol. The third-order valence-corrected chi connectivity index (χ3v) is 6.01. The highest BCUT2D eigenvalue weighted by Crippen LogP contribution is 2.32. The highest BCUT2D eigenvalue weighted by molar-refractivity contribution is 9.10. The number of nitrogens with one attached hydrogen (secondary N) is 1. The van der Waals surface area contributed by atoms with Crippen LogP contribution < -0.4 is 10.1 Å². The Morgan fingerprint density at radius 3 is 2.62 bits per heavy atom. The molecule has 3 rings (SSSR count). The molecule has 1 heterocycles. The van der Waals surface area contributed by atoms with E-state index in [1.165, 1.54) is 0 Å². The van der Waals surface area contributed by atoms with Crippen molar-refractivity contribution in [1.82, 2.24) is 4.90 Å². The topological polar surface area (TPSA) is 75.7 Å². The molecule has 0 spiro atoms. The maximum Gasteiger partial charge on any atom is 0.294 e. The molecule has 3 amide bonds. The molecule has 0 atom stereocenters. The van der Waals surface area contributed by atoms with E-state index in [1.807, 2.05) is 6.92 Å². The van der Waals surface area contributed by atoms with E-state index in [0.29, 0.717) is 21.8 Å². The number of imide groups is 1. The Hall–Kier alpha value is -2.29. The Balaban J connectivity index is 1.66. The predicted octanol–water partition coefficient (Wildman–Crippen LogP) is 5.18. The van der Waals surface area contributed by atoms with Crippen molar-refractivity contribution in [3.8, 4) is 5.75 Å². The first-order valence-corrected chi connectivity index (χ1v) is 10.6. The van der Waals surface area contributed by atoms with Gasteiger partial charge in [0.05, 0.1) is 16.5 Å². The van der Waals surface area contributed by atoms with Crippen LogP contribution in [0.2, 0.25) is 5.02 Å². The molecule has 1 aliphatic heterocycles. The number of ether oxygens (including phenoxy) is 1. The van der Waals surface area contributed by atoms with Crippen LogP contribution in [0.1, 0.15) is 12.5 Å². The van der Waals surface area contributed by atoms with Crippen LogP contribution in [0, 0.1) is 0 Å². The SMILES string of the molecule is CCOc1ccc(/C=C2/SC(=O)N(CC(=O)Nc3ccc(Br)c(Cl)c3)C2=O)cc1. The van der Waals surface area contributed by atoms with Crippen molar-refractivity contribution in [2.75, 3.05) is 18.5 Å². The Morgan fingerprint density at radius 1 is 1.24 bits per heavy atom. The maximum atomic E-state index is 12.6. The Kier molecular flexibility index (Phi) is 7.00. The zero-order valence-electron chi connectivity index (χ0n) is 15.3. The second-order valence-electron chi connectivity index (χ2n) is 5.95. The van der Waals surface area contributed by atoms with E-state index in [2.05, 4.69) is 21.2 Å². The number of amides is 3. The summed E-state index contributed by atoms with van der Waals surface area (Å²) in [5, 5.41) is 2.58. The summed E-state index contributed by atoms with van der Waals surface area (Å²) in [5.41, 5.74) is 1.23. The first-order chi connectivity index (χ1) is 13.9. The number of hydrogen-bond acceptors (Lipinski definition) is 5. The minimum atomic E-state index is -0.502. The van der Waals surface area contributed by atoms with Crippen molar-refractivity contribution in [3.05, 3.63) is 62.4 Å². The molecular formula is C20H16BrClN2O4S. The van der Waals surface area contributed by atoms with E-state index in [1.54, 1.807) is 48.5 Å². The summed E-state index contributed by atoms with van der Waals surface area (Å²) in [6, 6.07) is 12.1. The smallest absolute Gasteiger partial charge is 0.294 e. The average molecular weight is 496 g/mol. The summed E-state index contributed by atoms with van der Waals surface area (Å²) in [5.74, 6) is -0.270. The first kappa shape index (κ1) is 21.4. The minimum Gasteiger partial charge on any atom is -0.494 e. The molecule has 0 aromatic heterocycles. The standard InChI is InChI=1S/C20H16BrClN2O4S/c1-2-28-14-6-3-12(4-7-14)9-17-19(26)24(20(27)29-17)11-18(25)23-13-5-8-15(21)16(22)10-13/h3-10H,2,11H2,1H3,(H,23,25)/b17-9+. The Labute approximate surface area is 185 Å². The number of rotatable bonds is 6. The van der Waals surface area contributed by atoms with E-state index in [-0.39, 0.29) is 11.4 Å². The second-order valence-corrected chi connectivity index (χ2v) is 8.20. The highest BCUT2D eigenvalue weighted by atomic mass is 79.9. The molecule has 0 aliphatic carbocycles. The van der Waals surface area contributed by atoms with E-state index in [0.717, 1.165) is 28.0 Å². The van der Waals surface area contributed by atoms with Crippen LogP contribution in [0.5, 0.6) is 5.75 Å². The quantitative estimate of drug-likeness (QED) is 0.559. The number of hydrogen-bond donors (Lipinski definition) is 1. The average Bonchev–Trinajstić information content (AvgIpc) is 2.94. The lowest BCUT2D eigenvalue weighted by molar-refractivity contribution is -0.127. The highest BCUT2D eigenvalue weighted by Gasteiger charge is 2.36. The van der Waals surface area contributed by atoms with Crippen molar-refractivity contribution in [3.63, 3.8) is 0 Å². The van der Waals surface area contributed by atoms with Crippen LogP contribution >= 0.6 is 39.3 Å². The zero-order valence-corrected chi connectivity index (χ0v) is 18.4. The molecule has 150 valence electrons. The lowest BCUT2D eigenvalue weighted by atomic mass is 10.2. The van der Waals surface area contributed by atoms with E-state index >= 15 is 0 Å². The third-order valence-electron chi connectivity index (χ3n) is 3.87. The zero-order chi connectivity index (χ0) is 21.0. The number of benzene rings is 2. The third kappa shape index (κ3) is 5.41. The largest absolute Gasteiger partial charge is 0.494 e. The molecule has 0 unspecified atom stereocenters. The summed E-state index contributed by atoms with van der Waals surface area (Å²) >= 11 is 10.1. The van der Waals surface area contributed by atoms with Crippen molar-refractivity contribution < 1.29 is 19.1 Å². The van der Waals surface area contributed by atoms with Crippen LogP contribution in [0.15, 0.2) is 51.8 Å². The minimum absolute atomic E-state index is 0.263. The maximum absolute atomic E-state index is 12.6. The van der Waals surface area contributed by atoms with Crippen LogP contribution in [0.25, 0.3) is 6.08 Å². The van der Waals surface area contributed by atoms with Gasteiger partial charge >= 0.3 is 0 Å². The number of thioether (sulfide) groups is 1. The summed E-state index contributed by atoms with van der Waals surface area (Å²) in [6.07, 6.45) is 1.62. The Bertz CT molecular complexity index is 994. The van der Waals surface area contributed by atoms with Crippen LogP contribution in [-0.4, -0.2) is 35.1 Å². The number of halogens is 2. The molecule has 0 radical (unpaired) electrons. The molecule has 29 heavy (non-hydrogen) atoms. The molecule has 1 aliphatic rings. The molecule has 1 saturated heterocycles. The van der Waals surface area contributed by atoms with Crippen molar-refractivity contribution in [2.24, 2.45) is 0 Å². The normalized spacial score (nSPS) is 15.1. The van der Waals surface area contributed by atoms with Gasteiger partial charge in [-0.2, -0.15) is 0 Å². The van der Waals surface area contributed by atoms with Crippen LogP contribution in [0.3, 0.4) is 0 Å². The lowest BCUT2D eigenvalue weighted by Crippen LogP contribution is -2.36. The van der Waals surface area contributed by atoms with Gasteiger partial charge in [-0.15, -0.1) is 0 Å². The van der Waals surface area contributed by atoms with E-state index in [4.69, 9.17) is 16.3 Å².